The molecule has 0 unspecified atom stereocenters. The molecule has 94 valence electrons. The van der Waals surface area contributed by atoms with Crippen LogP contribution in [0.1, 0.15) is 33.1 Å². The predicted octanol–water partition coefficient (Wildman–Crippen LogP) is 2.79. The van der Waals surface area contributed by atoms with E-state index in [1.165, 1.54) is 0 Å². The van der Waals surface area contributed by atoms with E-state index in [1.54, 1.807) is 11.1 Å². The predicted molar refractivity (Wildman–Crippen MR) is 69.9 cm³/mol. The molecule has 4 nitrogen and oxygen atoms in total. The molecule has 0 radical (unpaired) electrons. The number of hydrogen-bond donors (Lipinski definition) is 1. The maximum Gasteiger partial charge on any atom is 0.320 e. The van der Waals surface area contributed by atoms with Crippen LogP contribution in [0.2, 0.25) is 0 Å². The molecule has 0 aliphatic rings. The Hall–Kier alpha value is -1.58. The Morgan fingerprint density at radius 3 is 2.71 bits per heavy atom. The van der Waals surface area contributed by atoms with E-state index < -0.39 is 6.03 Å². The number of pyridine rings is 1. The molecule has 0 aromatic carbocycles. The second-order valence-electron chi connectivity index (χ2n) is 4.20. The molecular weight excluding hydrogens is 214 g/mol. The normalized spacial score (nSPS) is 12.1. The Kier molecular flexibility index (Phi) is 5.46. The van der Waals surface area contributed by atoms with Crippen molar-refractivity contribution in [1.82, 2.24) is 4.98 Å². The fraction of sp³-hybridized carbons (Fsp3) is 0.538. The summed E-state index contributed by atoms with van der Waals surface area (Å²) >= 11 is 0. The van der Waals surface area contributed by atoms with Crippen LogP contribution in [-0.2, 0) is 0 Å². The van der Waals surface area contributed by atoms with E-state index in [0.717, 1.165) is 19.3 Å². The zero-order chi connectivity index (χ0) is 12.7. The molecule has 2 amide bonds. The fourth-order valence-electron chi connectivity index (χ4n) is 1.90. The van der Waals surface area contributed by atoms with Crippen LogP contribution in [0.3, 0.4) is 0 Å². The fourth-order valence-corrected chi connectivity index (χ4v) is 1.90. The van der Waals surface area contributed by atoms with E-state index in [1.807, 2.05) is 18.2 Å². The number of urea groups is 1. The van der Waals surface area contributed by atoms with Gasteiger partial charge in [0.1, 0.15) is 5.82 Å². The van der Waals surface area contributed by atoms with Gasteiger partial charge in [-0.15, -0.1) is 0 Å². The molecule has 0 aliphatic carbocycles. The summed E-state index contributed by atoms with van der Waals surface area (Å²) in [5, 5.41) is 0. The molecule has 0 spiro atoms. The summed E-state index contributed by atoms with van der Waals surface area (Å²) in [6, 6.07) is 5.06. The van der Waals surface area contributed by atoms with Crippen LogP contribution in [0.4, 0.5) is 10.6 Å². The molecule has 4 heteroatoms. The summed E-state index contributed by atoms with van der Waals surface area (Å²) in [6.45, 7) is 4.94. The second kappa shape index (κ2) is 6.89. The SMILES string of the molecule is CCC[C@H](CC)CN(C(N)=O)c1ccccn1. The standard InChI is InChI=1S/C13H21N3O/c1-3-7-11(4-2)10-16(13(14)17)12-8-5-6-9-15-12/h5-6,8-9,11H,3-4,7,10H2,1-2H3,(H2,14,17)/t11-/m0/s1. The first-order valence-electron chi connectivity index (χ1n) is 6.17. The Morgan fingerprint density at radius 2 is 2.24 bits per heavy atom. The van der Waals surface area contributed by atoms with Gasteiger partial charge >= 0.3 is 6.03 Å². The molecule has 17 heavy (non-hydrogen) atoms. The van der Waals surface area contributed by atoms with Crippen molar-refractivity contribution in [2.24, 2.45) is 11.7 Å². The Balaban J connectivity index is 2.77. The summed E-state index contributed by atoms with van der Waals surface area (Å²) in [4.78, 5) is 17.2. The lowest BCUT2D eigenvalue weighted by atomic mass is 10.0. The first-order valence-corrected chi connectivity index (χ1v) is 6.17. The van der Waals surface area contributed by atoms with Crippen LogP contribution >= 0.6 is 0 Å². The average Bonchev–Trinajstić information content (AvgIpc) is 2.35. The number of hydrogen-bond acceptors (Lipinski definition) is 2. The van der Waals surface area contributed by atoms with E-state index in [-0.39, 0.29) is 0 Å². The highest BCUT2D eigenvalue weighted by molar-refractivity contribution is 5.89. The summed E-state index contributed by atoms with van der Waals surface area (Å²) in [5.41, 5.74) is 5.41. The van der Waals surface area contributed by atoms with Crippen molar-refractivity contribution >= 4 is 11.8 Å². The molecule has 1 rings (SSSR count). The zero-order valence-electron chi connectivity index (χ0n) is 10.6. The van der Waals surface area contributed by atoms with Crippen molar-refractivity contribution in [1.29, 1.82) is 0 Å². The molecule has 1 heterocycles. The molecule has 1 aromatic rings. The van der Waals surface area contributed by atoms with Gasteiger partial charge in [0.2, 0.25) is 0 Å². The van der Waals surface area contributed by atoms with Crippen LogP contribution in [0, 0.1) is 5.92 Å². The third-order valence-electron chi connectivity index (χ3n) is 2.91. The molecule has 0 fully saturated rings. The lowest BCUT2D eigenvalue weighted by Gasteiger charge is -2.24. The first-order chi connectivity index (χ1) is 8.19. The minimum absolute atomic E-state index is 0.432. The Bertz CT molecular complexity index is 340. The average molecular weight is 235 g/mol. The topological polar surface area (TPSA) is 59.2 Å². The quantitative estimate of drug-likeness (QED) is 0.824. The molecular formula is C13H21N3O. The smallest absolute Gasteiger partial charge is 0.320 e. The van der Waals surface area contributed by atoms with Crippen molar-refractivity contribution in [2.45, 2.75) is 33.1 Å². The first kappa shape index (κ1) is 13.5. The highest BCUT2D eigenvalue weighted by atomic mass is 16.2. The van der Waals surface area contributed by atoms with Crippen molar-refractivity contribution in [3.63, 3.8) is 0 Å². The van der Waals surface area contributed by atoms with Crippen molar-refractivity contribution in [3.05, 3.63) is 24.4 Å². The highest BCUT2D eigenvalue weighted by Crippen LogP contribution is 2.17. The van der Waals surface area contributed by atoms with Gasteiger partial charge < -0.3 is 5.73 Å². The summed E-state index contributed by atoms with van der Waals surface area (Å²) in [6.07, 6.45) is 4.94. The monoisotopic (exact) mass is 235 g/mol. The third kappa shape index (κ3) is 4.06. The van der Waals surface area contributed by atoms with Gasteiger partial charge in [-0.3, -0.25) is 4.90 Å². The van der Waals surface area contributed by atoms with Gasteiger partial charge in [0, 0.05) is 12.7 Å². The van der Waals surface area contributed by atoms with E-state index in [2.05, 4.69) is 18.8 Å². The highest BCUT2D eigenvalue weighted by Gasteiger charge is 2.17. The number of nitrogens with two attached hydrogens (primary N) is 1. The second-order valence-corrected chi connectivity index (χ2v) is 4.20. The van der Waals surface area contributed by atoms with Crippen molar-refractivity contribution < 1.29 is 4.79 Å². The van der Waals surface area contributed by atoms with Crippen LogP contribution in [-0.4, -0.2) is 17.6 Å². The third-order valence-corrected chi connectivity index (χ3v) is 2.91. The summed E-state index contributed by atoms with van der Waals surface area (Å²) in [7, 11) is 0. The van der Waals surface area contributed by atoms with Gasteiger partial charge in [-0.25, -0.2) is 9.78 Å². The number of carbonyl (C=O) groups excluding carboxylic acids is 1. The Morgan fingerprint density at radius 1 is 1.47 bits per heavy atom. The van der Waals surface area contributed by atoms with Gasteiger partial charge in [0.25, 0.3) is 0 Å². The van der Waals surface area contributed by atoms with E-state index in [4.69, 9.17) is 5.73 Å². The summed E-state index contributed by atoms with van der Waals surface area (Å²) < 4.78 is 0. The van der Waals surface area contributed by atoms with Crippen LogP contribution in [0.25, 0.3) is 0 Å². The summed E-state index contributed by atoms with van der Waals surface area (Å²) in [5.74, 6) is 1.11. The van der Waals surface area contributed by atoms with E-state index >= 15 is 0 Å². The lowest BCUT2D eigenvalue weighted by Crippen LogP contribution is -2.39. The van der Waals surface area contributed by atoms with Gasteiger partial charge in [0.15, 0.2) is 0 Å². The van der Waals surface area contributed by atoms with Crippen LogP contribution in [0.5, 0.6) is 0 Å². The number of amides is 2. The van der Waals surface area contributed by atoms with E-state index in [9.17, 15) is 4.79 Å². The van der Waals surface area contributed by atoms with Gasteiger partial charge in [0.05, 0.1) is 0 Å². The number of nitrogens with zero attached hydrogens (tertiary/aromatic N) is 2. The van der Waals surface area contributed by atoms with Crippen LogP contribution in [0.15, 0.2) is 24.4 Å². The molecule has 0 saturated carbocycles. The minimum Gasteiger partial charge on any atom is -0.351 e. The number of primary amides is 1. The molecule has 0 saturated heterocycles. The van der Waals surface area contributed by atoms with E-state index in [0.29, 0.717) is 18.3 Å². The number of carbonyl (C=O) groups is 1. The molecule has 1 aromatic heterocycles. The molecule has 2 N–H and O–H groups in total. The molecule has 0 aliphatic heterocycles. The molecule has 0 bridgehead atoms. The van der Waals surface area contributed by atoms with Gasteiger partial charge in [-0.1, -0.05) is 32.8 Å². The Labute approximate surface area is 103 Å². The van der Waals surface area contributed by atoms with Crippen molar-refractivity contribution in [2.75, 3.05) is 11.4 Å². The van der Waals surface area contributed by atoms with Crippen LogP contribution < -0.4 is 10.6 Å². The maximum absolute atomic E-state index is 11.5. The number of anilines is 1. The molecule has 1 atom stereocenters. The largest absolute Gasteiger partial charge is 0.351 e. The number of aromatic nitrogens is 1. The maximum atomic E-state index is 11.5. The minimum atomic E-state index is -0.432. The van der Waals surface area contributed by atoms with Gasteiger partial charge in [-0.05, 0) is 24.5 Å². The van der Waals surface area contributed by atoms with Crippen molar-refractivity contribution in [3.8, 4) is 0 Å². The zero-order valence-corrected chi connectivity index (χ0v) is 10.6. The lowest BCUT2D eigenvalue weighted by molar-refractivity contribution is 0.252. The number of rotatable bonds is 6. The van der Waals surface area contributed by atoms with Gasteiger partial charge in [-0.2, -0.15) is 0 Å².